The Balaban J connectivity index is 2.12. The van der Waals surface area contributed by atoms with Gasteiger partial charge in [-0.1, -0.05) is 32.0 Å². The van der Waals surface area contributed by atoms with Gasteiger partial charge in [-0.2, -0.15) is 0 Å². The summed E-state index contributed by atoms with van der Waals surface area (Å²) in [6.45, 7) is 4.07. The van der Waals surface area contributed by atoms with Crippen molar-refractivity contribution < 1.29 is 14.9 Å². The lowest BCUT2D eigenvalue weighted by Crippen LogP contribution is -2.30. The first-order valence-corrected chi connectivity index (χ1v) is 7.07. The number of rotatable bonds is 0. The number of para-hydroxylation sites is 1. The largest absolute Gasteiger partial charge is 0.507 e. The van der Waals surface area contributed by atoms with E-state index < -0.39 is 6.29 Å². The van der Waals surface area contributed by atoms with Crippen LogP contribution >= 0.6 is 0 Å². The van der Waals surface area contributed by atoms with Crippen LogP contribution in [0.1, 0.15) is 30.7 Å². The Bertz CT molecular complexity index is 892. The van der Waals surface area contributed by atoms with Gasteiger partial charge in [-0.3, -0.25) is 9.36 Å². The first-order chi connectivity index (χ1) is 10.4. The number of nitrogens with zero attached hydrogens (tertiary/aromatic N) is 1. The molecule has 1 unspecified atom stereocenters. The van der Waals surface area contributed by atoms with Crippen molar-refractivity contribution in [1.29, 1.82) is 0 Å². The van der Waals surface area contributed by atoms with Crippen molar-refractivity contribution in [3.05, 3.63) is 63.6 Å². The highest BCUT2D eigenvalue weighted by Crippen LogP contribution is 2.43. The van der Waals surface area contributed by atoms with Crippen molar-refractivity contribution in [2.45, 2.75) is 25.6 Å². The molecular formula is C17H15NO4. The topological polar surface area (TPSA) is 71.7 Å². The Morgan fingerprint density at radius 2 is 2.00 bits per heavy atom. The van der Waals surface area contributed by atoms with Crippen LogP contribution in [0.15, 0.2) is 41.2 Å². The summed E-state index contributed by atoms with van der Waals surface area (Å²) in [4.78, 5) is 12.9. The first kappa shape index (κ1) is 13.2. The maximum Gasteiger partial charge on any atom is 0.270 e. The minimum atomic E-state index is -1.25. The molecule has 3 heterocycles. The second-order valence-electron chi connectivity index (χ2n) is 6.11. The van der Waals surface area contributed by atoms with E-state index >= 15 is 0 Å². The average Bonchev–Trinajstić information content (AvgIpc) is 2.67. The van der Waals surface area contributed by atoms with Crippen LogP contribution in [0.3, 0.4) is 0 Å². The fourth-order valence-electron chi connectivity index (χ4n) is 3.33. The zero-order valence-electron chi connectivity index (χ0n) is 12.2. The smallest absolute Gasteiger partial charge is 0.270 e. The highest BCUT2D eigenvalue weighted by atomic mass is 16.6. The molecule has 0 radical (unpaired) electrons. The van der Waals surface area contributed by atoms with Gasteiger partial charge >= 0.3 is 0 Å². The van der Waals surface area contributed by atoms with Crippen LogP contribution < -0.4 is 10.3 Å². The highest BCUT2D eigenvalue weighted by Gasteiger charge is 2.39. The molecule has 0 bridgehead atoms. The maximum atomic E-state index is 12.9. The second-order valence-corrected chi connectivity index (χ2v) is 6.11. The number of fused-ring (bicyclic) bond motifs is 4. The summed E-state index contributed by atoms with van der Waals surface area (Å²) in [6.07, 6.45) is -0.135. The number of pyridine rings is 1. The summed E-state index contributed by atoms with van der Waals surface area (Å²) in [5.74, 6) is -0.0409. The molecule has 0 spiro atoms. The minimum Gasteiger partial charge on any atom is -0.507 e. The SMILES string of the molecule is CC1(C)c2ccccc2-n2c1cc1c(c2=O)C(O)=CC(O)O1. The summed E-state index contributed by atoms with van der Waals surface area (Å²) in [5.41, 5.74) is 2.01. The monoisotopic (exact) mass is 297 g/mol. The van der Waals surface area contributed by atoms with Crippen molar-refractivity contribution in [2.24, 2.45) is 0 Å². The summed E-state index contributed by atoms with van der Waals surface area (Å²) in [5, 5.41) is 19.6. The molecule has 0 fully saturated rings. The lowest BCUT2D eigenvalue weighted by Gasteiger charge is -2.24. The van der Waals surface area contributed by atoms with E-state index in [1.54, 1.807) is 10.6 Å². The third kappa shape index (κ3) is 1.49. The Morgan fingerprint density at radius 1 is 1.27 bits per heavy atom. The molecule has 112 valence electrons. The average molecular weight is 297 g/mol. The first-order valence-electron chi connectivity index (χ1n) is 7.07. The zero-order valence-corrected chi connectivity index (χ0v) is 12.2. The predicted molar refractivity (Wildman–Crippen MR) is 81.4 cm³/mol. The van der Waals surface area contributed by atoms with Crippen molar-refractivity contribution in [2.75, 3.05) is 0 Å². The zero-order chi connectivity index (χ0) is 15.6. The summed E-state index contributed by atoms with van der Waals surface area (Å²) in [6, 6.07) is 9.43. The van der Waals surface area contributed by atoms with Gasteiger partial charge in [-0.15, -0.1) is 0 Å². The van der Waals surface area contributed by atoms with Crippen LogP contribution in [0, 0.1) is 0 Å². The van der Waals surface area contributed by atoms with Gasteiger partial charge in [0.1, 0.15) is 17.1 Å². The lowest BCUT2D eigenvalue weighted by molar-refractivity contribution is 0.0202. The van der Waals surface area contributed by atoms with Crippen LogP contribution in [0.2, 0.25) is 0 Å². The molecule has 2 aliphatic rings. The van der Waals surface area contributed by atoms with E-state index in [4.69, 9.17) is 4.74 Å². The molecule has 0 saturated carbocycles. The van der Waals surface area contributed by atoms with E-state index in [1.807, 2.05) is 38.1 Å². The van der Waals surface area contributed by atoms with E-state index in [0.29, 0.717) is 0 Å². The Labute approximate surface area is 126 Å². The second kappa shape index (κ2) is 4.01. The fraction of sp³-hybridized carbons (Fsp3) is 0.235. The maximum absolute atomic E-state index is 12.9. The molecule has 5 nitrogen and oxygen atoms in total. The molecule has 2 N–H and O–H groups in total. The Morgan fingerprint density at radius 3 is 2.77 bits per heavy atom. The number of ether oxygens (including phenoxy) is 1. The molecular weight excluding hydrogens is 282 g/mol. The molecule has 0 saturated heterocycles. The van der Waals surface area contributed by atoms with Gasteiger partial charge in [0.15, 0.2) is 0 Å². The van der Waals surface area contributed by atoms with Crippen molar-refractivity contribution in [3.63, 3.8) is 0 Å². The van der Waals surface area contributed by atoms with E-state index in [1.165, 1.54) is 0 Å². The van der Waals surface area contributed by atoms with Crippen LogP contribution in [0.5, 0.6) is 5.75 Å². The fourth-order valence-corrected chi connectivity index (χ4v) is 3.33. The van der Waals surface area contributed by atoms with Gasteiger partial charge in [0.25, 0.3) is 5.56 Å². The number of benzene rings is 1. The molecule has 1 aromatic heterocycles. The van der Waals surface area contributed by atoms with Crippen LogP contribution in [0.4, 0.5) is 0 Å². The summed E-state index contributed by atoms with van der Waals surface area (Å²) >= 11 is 0. The number of hydrogen-bond acceptors (Lipinski definition) is 4. The van der Waals surface area contributed by atoms with E-state index in [0.717, 1.165) is 23.0 Å². The molecule has 2 aliphatic heterocycles. The van der Waals surface area contributed by atoms with Crippen LogP contribution in [-0.2, 0) is 5.41 Å². The molecule has 22 heavy (non-hydrogen) atoms. The third-order valence-electron chi connectivity index (χ3n) is 4.44. The third-order valence-corrected chi connectivity index (χ3v) is 4.44. The molecule has 4 rings (SSSR count). The quantitative estimate of drug-likeness (QED) is 0.781. The number of aliphatic hydroxyl groups excluding tert-OH is 2. The minimum absolute atomic E-state index is 0.0848. The van der Waals surface area contributed by atoms with Crippen molar-refractivity contribution in [1.82, 2.24) is 4.57 Å². The van der Waals surface area contributed by atoms with Gasteiger partial charge in [0, 0.05) is 23.3 Å². The lowest BCUT2D eigenvalue weighted by atomic mass is 9.83. The van der Waals surface area contributed by atoms with Gasteiger partial charge < -0.3 is 14.9 Å². The van der Waals surface area contributed by atoms with Gasteiger partial charge in [0.05, 0.1) is 5.69 Å². The molecule has 0 aliphatic carbocycles. The van der Waals surface area contributed by atoms with E-state index in [9.17, 15) is 15.0 Å². The molecule has 2 aromatic rings. The number of aliphatic hydroxyl groups is 2. The Kier molecular flexibility index (Phi) is 2.40. The predicted octanol–water partition coefficient (Wildman–Crippen LogP) is 2.09. The van der Waals surface area contributed by atoms with E-state index in [2.05, 4.69) is 0 Å². The summed E-state index contributed by atoms with van der Waals surface area (Å²) < 4.78 is 6.92. The molecule has 5 heteroatoms. The van der Waals surface area contributed by atoms with Crippen molar-refractivity contribution >= 4 is 5.76 Å². The number of hydrogen-bond donors (Lipinski definition) is 2. The van der Waals surface area contributed by atoms with Gasteiger partial charge in [-0.05, 0) is 11.6 Å². The number of aromatic nitrogens is 1. The van der Waals surface area contributed by atoms with Gasteiger partial charge in [0.2, 0.25) is 6.29 Å². The highest BCUT2D eigenvalue weighted by molar-refractivity contribution is 5.69. The summed E-state index contributed by atoms with van der Waals surface area (Å²) in [7, 11) is 0. The normalized spacial score (nSPS) is 20.5. The van der Waals surface area contributed by atoms with Crippen LogP contribution in [0.25, 0.3) is 11.4 Å². The molecule has 1 atom stereocenters. The van der Waals surface area contributed by atoms with Gasteiger partial charge in [-0.25, -0.2) is 0 Å². The molecule has 1 aromatic carbocycles. The Hall–Kier alpha value is -2.53. The van der Waals surface area contributed by atoms with Crippen molar-refractivity contribution in [3.8, 4) is 11.4 Å². The molecule has 0 amide bonds. The van der Waals surface area contributed by atoms with Crippen LogP contribution in [-0.4, -0.2) is 21.1 Å². The van der Waals surface area contributed by atoms with E-state index in [-0.39, 0.29) is 28.0 Å². The standard InChI is InChI=1S/C17H15NO4/c1-17(2)9-5-3-4-6-10(9)18-13(17)8-12-15(16(18)21)11(19)7-14(20)22-12/h3-8,14,19-20H,1-2H3.